The van der Waals surface area contributed by atoms with Crippen LogP contribution in [0.5, 0.6) is 0 Å². The molecule has 0 radical (unpaired) electrons. The van der Waals surface area contributed by atoms with Gasteiger partial charge in [-0.25, -0.2) is 13.2 Å². The molecule has 0 unspecified atom stereocenters. The SMILES string of the molecule is C=NS(=O)(=O)c1cc2c(s1)S(=O)(=O)N(CCCOC)C[C@@H]2N(CC)C(=O)OC. The molecule has 28 heavy (non-hydrogen) atoms. The number of fused-ring (bicyclic) bond motifs is 1. The van der Waals surface area contributed by atoms with Crippen molar-refractivity contribution in [2.24, 2.45) is 4.40 Å². The number of rotatable bonds is 8. The highest BCUT2D eigenvalue weighted by Crippen LogP contribution is 2.42. The van der Waals surface area contributed by atoms with Gasteiger partial charge in [-0.1, -0.05) is 0 Å². The van der Waals surface area contributed by atoms with Crippen molar-refractivity contribution in [3.8, 4) is 0 Å². The second-order valence-electron chi connectivity index (χ2n) is 5.89. The van der Waals surface area contributed by atoms with Crippen LogP contribution in [0.1, 0.15) is 24.9 Å². The average molecular weight is 454 g/mol. The lowest BCUT2D eigenvalue weighted by molar-refractivity contribution is 0.0981. The average Bonchev–Trinajstić information content (AvgIpc) is 3.13. The highest BCUT2D eigenvalue weighted by Gasteiger charge is 2.43. The second-order valence-corrected chi connectivity index (χ2v) is 11.0. The van der Waals surface area contributed by atoms with Crippen LogP contribution in [0.3, 0.4) is 0 Å². The summed E-state index contributed by atoms with van der Waals surface area (Å²) in [5, 5.41) is 0. The predicted octanol–water partition coefficient (Wildman–Crippen LogP) is 1.31. The molecule has 10 nitrogen and oxygen atoms in total. The minimum absolute atomic E-state index is 0.0142. The minimum Gasteiger partial charge on any atom is -0.453 e. The van der Waals surface area contributed by atoms with Crippen LogP contribution < -0.4 is 0 Å². The third-order valence-corrected chi connectivity index (χ3v) is 9.50. The summed E-state index contributed by atoms with van der Waals surface area (Å²) < 4.78 is 64.1. The van der Waals surface area contributed by atoms with E-state index in [0.717, 1.165) is 0 Å². The van der Waals surface area contributed by atoms with Gasteiger partial charge in [-0.05, 0) is 19.4 Å². The van der Waals surface area contributed by atoms with Crippen LogP contribution in [0.4, 0.5) is 4.79 Å². The molecule has 0 aromatic carbocycles. The lowest BCUT2D eigenvalue weighted by Crippen LogP contribution is -2.47. The van der Waals surface area contributed by atoms with Gasteiger partial charge in [0, 0.05) is 45.6 Å². The molecule has 0 bridgehead atoms. The molecule has 1 aliphatic rings. The van der Waals surface area contributed by atoms with Gasteiger partial charge in [0.25, 0.3) is 20.0 Å². The zero-order valence-corrected chi connectivity index (χ0v) is 18.3. The summed E-state index contributed by atoms with van der Waals surface area (Å²) in [4.78, 5) is 13.6. The molecule has 0 spiro atoms. The fraction of sp³-hybridized carbons (Fsp3) is 0.600. The molecule has 1 amide bonds. The molecule has 2 heterocycles. The van der Waals surface area contributed by atoms with E-state index >= 15 is 0 Å². The number of ether oxygens (including phenoxy) is 2. The van der Waals surface area contributed by atoms with E-state index in [1.807, 2.05) is 0 Å². The smallest absolute Gasteiger partial charge is 0.410 e. The van der Waals surface area contributed by atoms with Crippen LogP contribution in [0.25, 0.3) is 0 Å². The zero-order chi connectivity index (χ0) is 21.1. The Morgan fingerprint density at radius 1 is 1.46 bits per heavy atom. The Labute approximate surface area is 168 Å². The van der Waals surface area contributed by atoms with Crippen molar-refractivity contribution in [3.05, 3.63) is 11.6 Å². The van der Waals surface area contributed by atoms with E-state index in [4.69, 9.17) is 9.47 Å². The number of methoxy groups -OCH3 is 2. The van der Waals surface area contributed by atoms with Gasteiger partial charge in [-0.3, -0.25) is 0 Å². The van der Waals surface area contributed by atoms with Gasteiger partial charge in [0.05, 0.1) is 13.2 Å². The Balaban J connectivity index is 2.61. The highest BCUT2D eigenvalue weighted by molar-refractivity contribution is 7.94. The first-order chi connectivity index (χ1) is 13.1. The van der Waals surface area contributed by atoms with Crippen molar-refractivity contribution < 1.29 is 31.1 Å². The van der Waals surface area contributed by atoms with Gasteiger partial charge >= 0.3 is 6.09 Å². The van der Waals surface area contributed by atoms with Gasteiger partial charge in [0.15, 0.2) is 0 Å². The van der Waals surface area contributed by atoms with Crippen molar-refractivity contribution in [2.75, 3.05) is 40.5 Å². The Hall–Kier alpha value is -1.54. The maximum absolute atomic E-state index is 13.0. The third-order valence-electron chi connectivity index (χ3n) is 4.32. The van der Waals surface area contributed by atoms with Gasteiger partial charge < -0.3 is 14.4 Å². The largest absolute Gasteiger partial charge is 0.453 e. The van der Waals surface area contributed by atoms with Crippen LogP contribution in [0.2, 0.25) is 0 Å². The van der Waals surface area contributed by atoms with E-state index in [2.05, 4.69) is 11.1 Å². The molecule has 0 saturated carbocycles. The van der Waals surface area contributed by atoms with Crippen molar-refractivity contribution >= 4 is 44.2 Å². The fourth-order valence-electron chi connectivity index (χ4n) is 2.95. The van der Waals surface area contributed by atoms with Gasteiger partial charge in [0.2, 0.25) is 0 Å². The first kappa shape index (κ1) is 22.7. The summed E-state index contributed by atoms with van der Waals surface area (Å²) in [6, 6.07) is 0.563. The number of likely N-dealkylation sites (N-methyl/N-ethyl adjacent to an activating group) is 1. The summed E-state index contributed by atoms with van der Waals surface area (Å²) in [6.07, 6.45) is -0.181. The maximum atomic E-state index is 13.0. The summed E-state index contributed by atoms with van der Waals surface area (Å²) in [5.41, 5.74) is 0.238. The van der Waals surface area contributed by atoms with E-state index in [9.17, 15) is 21.6 Å². The topological polar surface area (TPSA) is 123 Å². The molecule has 1 aliphatic heterocycles. The Morgan fingerprint density at radius 2 is 2.14 bits per heavy atom. The monoisotopic (exact) mass is 453 g/mol. The second kappa shape index (κ2) is 8.86. The van der Waals surface area contributed by atoms with E-state index in [1.54, 1.807) is 6.92 Å². The normalized spacial score (nSPS) is 19.0. The third kappa shape index (κ3) is 4.22. The number of carbonyl (C=O) groups is 1. The fourth-order valence-corrected chi connectivity index (χ4v) is 7.47. The molecule has 1 aromatic heterocycles. The summed E-state index contributed by atoms with van der Waals surface area (Å²) in [6.45, 7) is 5.54. The Kier molecular flexibility index (Phi) is 7.20. The van der Waals surface area contributed by atoms with Crippen LogP contribution in [0, 0.1) is 0 Å². The lowest BCUT2D eigenvalue weighted by Gasteiger charge is -2.37. The van der Waals surface area contributed by atoms with Crippen molar-refractivity contribution in [1.29, 1.82) is 0 Å². The number of thiophene rings is 1. The molecule has 1 aromatic rings. The number of carbonyl (C=O) groups excluding carboxylic acids is 1. The minimum atomic E-state index is -4.07. The number of amides is 1. The lowest BCUT2D eigenvalue weighted by atomic mass is 10.1. The molecule has 0 N–H and O–H groups in total. The van der Waals surface area contributed by atoms with E-state index in [0.29, 0.717) is 24.4 Å². The van der Waals surface area contributed by atoms with Crippen LogP contribution in [-0.2, 0) is 29.5 Å². The number of hydrogen-bond acceptors (Lipinski definition) is 8. The molecule has 0 fully saturated rings. The molecule has 2 rings (SSSR count). The summed E-state index contributed by atoms with van der Waals surface area (Å²) in [5.74, 6) is 0. The molecule has 0 saturated heterocycles. The van der Waals surface area contributed by atoms with Crippen LogP contribution in [0.15, 0.2) is 18.9 Å². The molecule has 0 aliphatic carbocycles. The predicted molar refractivity (Wildman–Crippen MR) is 104 cm³/mol. The van der Waals surface area contributed by atoms with Crippen molar-refractivity contribution in [2.45, 2.75) is 27.8 Å². The molecule has 1 atom stereocenters. The highest BCUT2D eigenvalue weighted by atomic mass is 32.3. The summed E-state index contributed by atoms with van der Waals surface area (Å²) >= 11 is 0.606. The van der Waals surface area contributed by atoms with E-state index in [1.165, 1.54) is 29.5 Å². The first-order valence-electron chi connectivity index (χ1n) is 8.34. The molecular formula is C15H23N3O7S3. The first-order valence-corrected chi connectivity index (χ1v) is 12.0. The Morgan fingerprint density at radius 3 is 2.68 bits per heavy atom. The standard InChI is InChI=1S/C15H23N3O7S3/c1-5-18(15(19)25-4)12-10-17(7-6-8-24-3)28(22,23)14-11(12)9-13(26-14)27(20,21)16-2/h9,12H,2,5-8,10H2,1,3-4H3/t12-/m0/s1. The van der Waals surface area contributed by atoms with Crippen molar-refractivity contribution in [3.63, 3.8) is 0 Å². The van der Waals surface area contributed by atoms with Gasteiger partial charge in [-0.2, -0.15) is 17.1 Å². The molecule has 13 heteroatoms. The van der Waals surface area contributed by atoms with Crippen LogP contribution >= 0.6 is 11.3 Å². The molecule has 158 valence electrons. The molecular weight excluding hydrogens is 430 g/mol. The zero-order valence-electron chi connectivity index (χ0n) is 15.8. The van der Waals surface area contributed by atoms with E-state index < -0.39 is 32.2 Å². The number of hydrogen-bond donors (Lipinski definition) is 0. The maximum Gasteiger partial charge on any atom is 0.410 e. The van der Waals surface area contributed by atoms with Crippen molar-refractivity contribution in [1.82, 2.24) is 9.21 Å². The quantitative estimate of drug-likeness (QED) is 0.429. The van der Waals surface area contributed by atoms with Gasteiger partial charge in [-0.15, -0.1) is 11.3 Å². The summed E-state index contributed by atoms with van der Waals surface area (Å²) in [7, 11) is -5.25. The Bertz CT molecular complexity index is 940. The number of nitrogens with zero attached hydrogens (tertiary/aromatic N) is 3. The van der Waals surface area contributed by atoms with Gasteiger partial charge in [0.1, 0.15) is 8.42 Å². The van der Waals surface area contributed by atoms with E-state index in [-0.39, 0.29) is 33.6 Å². The number of sulfonamides is 2. The van der Waals surface area contributed by atoms with Crippen LogP contribution in [-0.4, -0.2) is 79.3 Å².